The summed E-state index contributed by atoms with van der Waals surface area (Å²) < 4.78 is 25.3. The predicted molar refractivity (Wildman–Crippen MR) is 98.0 cm³/mol. The van der Waals surface area contributed by atoms with Crippen molar-refractivity contribution in [3.05, 3.63) is 35.4 Å². The van der Waals surface area contributed by atoms with E-state index in [4.69, 9.17) is 0 Å². The predicted octanol–water partition coefficient (Wildman–Crippen LogP) is 2.55. The van der Waals surface area contributed by atoms with Gasteiger partial charge in [0.25, 0.3) is 0 Å². The second kappa shape index (κ2) is 8.62. The third-order valence-electron chi connectivity index (χ3n) is 4.03. The summed E-state index contributed by atoms with van der Waals surface area (Å²) in [6.07, 6.45) is 1.14. The van der Waals surface area contributed by atoms with Gasteiger partial charge in [-0.25, -0.2) is 8.42 Å². The number of hydrogen-bond acceptors (Lipinski definition) is 3. The largest absolute Gasteiger partial charge is 0.352 e. The molecule has 0 radical (unpaired) electrons. The Morgan fingerprint density at radius 1 is 1.08 bits per heavy atom. The molecule has 1 amide bonds. The molecule has 0 saturated heterocycles. The van der Waals surface area contributed by atoms with Crippen LogP contribution in [-0.2, 0) is 21.4 Å². The number of nitrogens with one attached hydrogen (secondary N) is 1. The minimum absolute atomic E-state index is 0.0262. The van der Waals surface area contributed by atoms with E-state index in [1.165, 1.54) is 4.31 Å². The summed E-state index contributed by atoms with van der Waals surface area (Å²) in [4.78, 5) is 12.3. The number of rotatable bonds is 8. The van der Waals surface area contributed by atoms with Gasteiger partial charge in [-0.15, -0.1) is 0 Å². The quantitative estimate of drug-likeness (QED) is 0.780. The molecular formula is C18H30N2O3S. The molecule has 1 rings (SSSR count). The van der Waals surface area contributed by atoms with Crippen molar-refractivity contribution >= 4 is 15.9 Å². The molecule has 1 aromatic carbocycles. The first kappa shape index (κ1) is 20.6. The van der Waals surface area contributed by atoms with Crippen molar-refractivity contribution < 1.29 is 13.2 Å². The maximum atomic E-state index is 12.3. The van der Waals surface area contributed by atoms with Crippen LogP contribution >= 0.6 is 0 Å². The van der Waals surface area contributed by atoms with E-state index in [0.717, 1.165) is 17.4 Å². The molecule has 136 valence electrons. The molecule has 0 unspecified atom stereocenters. The van der Waals surface area contributed by atoms with Crippen molar-refractivity contribution in [2.45, 2.75) is 47.2 Å². The van der Waals surface area contributed by atoms with Crippen LogP contribution in [0.5, 0.6) is 0 Å². The van der Waals surface area contributed by atoms with E-state index >= 15 is 0 Å². The van der Waals surface area contributed by atoms with Gasteiger partial charge in [-0.05, 0) is 24.3 Å². The van der Waals surface area contributed by atoms with Crippen molar-refractivity contribution in [2.75, 3.05) is 12.8 Å². The Balaban J connectivity index is 2.83. The van der Waals surface area contributed by atoms with E-state index in [0.29, 0.717) is 0 Å². The van der Waals surface area contributed by atoms with Crippen LogP contribution in [0.15, 0.2) is 24.3 Å². The number of sulfonamides is 1. The topological polar surface area (TPSA) is 66.5 Å². The number of hydrogen-bond donors (Lipinski definition) is 1. The van der Waals surface area contributed by atoms with Gasteiger partial charge in [0.05, 0.1) is 12.8 Å². The second-order valence-corrected chi connectivity index (χ2v) is 9.08. The third-order valence-corrected chi connectivity index (χ3v) is 5.23. The number of benzene rings is 1. The van der Waals surface area contributed by atoms with Crippen LogP contribution < -0.4 is 5.32 Å². The maximum absolute atomic E-state index is 12.3. The fourth-order valence-electron chi connectivity index (χ4n) is 2.68. The smallest absolute Gasteiger partial charge is 0.235 e. The summed E-state index contributed by atoms with van der Waals surface area (Å²) in [6, 6.07) is 7.66. The van der Waals surface area contributed by atoms with E-state index in [1.54, 1.807) is 0 Å². The second-order valence-electron chi connectivity index (χ2n) is 7.10. The normalized spacial score (nSPS) is 12.4. The first-order valence-electron chi connectivity index (χ1n) is 8.30. The van der Waals surface area contributed by atoms with Gasteiger partial charge in [0.1, 0.15) is 0 Å². The minimum Gasteiger partial charge on any atom is -0.352 e. The van der Waals surface area contributed by atoms with Crippen LogP contribution in [0.2, 0.25) is 0 Å². The highest BCUT2D eigenvalue weighted by Gasteiger charge is 2.24. The lowest BCUT2D eigenvalue weighted by Gasteiger charge is -2.27. The summed E-state index contributed by atoms with van der Waals surface area (Å²) in [6.45, 7) is 10.2. The van der Waals surface area contributed by atoms with E-state index in [-0.39, 0.29) is 36.9 Å². The Morgan fingerprint density at radius 2 is 1.58 bits per heavy atom. The van der Waals surface area contributed by atoms with Gasteiger partial charge in [-0.2, -0.15) is 4.31 Å². The summed E-state index contributed by atoms with van der Waals surface area (Å²) in [5.41, 5.74) is 1.97. The SMILES string of the molecule is Cc1ccc(CN(CC(=O)NC(C(C)C)C(C)C)S(C)(=O)=O)cc1. The Bertz CT molecular complexity index is 629. The lowest BCUT2D eigenvalue weighted by molar-refractivity contribution is -0.122. The number of nitrogens with zero attached hydrogens (tertiary/aromatic N) is 1. The molecule has 0 heterocycles. The number of amides is 1. The fraction of sp³-hybridized carbons (Fsp3) is 0.611. The van der Waals surface area contributed by atoms with Gasteiger partial charge in [0.15, 0.2) is 0 Å². The lowest BCUT2D eigenvalue weighted by Crippen LogP contribution is -2.47. The summed E-state index contributed by atoms with van der Waals surface area (Å²) >= 11 is 0. The average Bonchev–Trinajstić information content (AvgIpc) is 2.44. The average molecular weight is 355 g/mol. The standard InChI is InChI=1S/C18H30N2O3S/c1-13(2)18(14(3)4)19-17(21)12-20(24(6,22)23)11-16-9-7-15(5)8-10-16/h7-10,13-14,18H,11-12H2,1-6H3,(H,19,21). The molecule has 0 fully saturated rings. The Labute approximate surface area is 146 Å². The highest BCUT2D eigenvalue weighted by Crippen LogP contribution is 2.13. The van der Waals surface area contributed by atoms with Crippen molar-refractivity contribution in [2.24, 2.45) is 11.8 Å². The molecule has 0 spiro atoms. The zero-order chi connectivity index (χ0) is 18.5. The molecule has 0 aromatic heterocycles. The van der Waals surface area contributed by atoms with Crippen LogP contribution in [0.3, 0.4) is 0 Å². The van der Waals surface area contributed by atoms with Crippen molar-refractivity contribution in [3.8, 4) is 0 Å². The molecule has 1 aromatic rings. The van der Waals surface area contributed by atoms with Crippen molar-refractivity contribution in [1.82, 2.24) is 9.62 Å². The molecule has 0 aliphatic carbocycles. The minimum atomic E-state index is -3.47. The number of carbonyl (C=O) groups is 1. The molecule has 1 N–H and O–H groups in total. The van der Waals surface area contributed by atoms with Crippen molar-refractivity contribution in [1.29, 1.82) is 0 Å². The van der Waals surface area contributed by atoms with Gasteiger partial charge in [0, 0.05) is 12.6 Å². The van der Waals surface area contributed by atoms with Gasteiger partial charge in [-0.1, -0.05) is 57.5 Å². The molecule has 6 heteroatoms. The van der Waals surface area contributed by atoms with E-state index in [9.17, 15) is 13.2 Å². The van der Waals surface area contributed by atoms with E-state index < -0.39 is 10.0 Å². The molecule has 0 aliphatic heterocycles. The Morgan fingerprint density at radius 3 is 2.00 bits per heavy atom. The van der Waals surface area contributed by atoms with Crippen LogP contribution in [0, 0.1) is 18.8 Å². The summed E-state index contributed by atoms with van der Waals surface area (Å²) in [5.74, 6) is 0.315. The first-order valence-corrected chi connectivity index (χ1v) is 10.2. The lowest BCUT2D eigenvalue weighted by atomic mass is 9.93. The highest BCUT2D eigenvalue weighted by atomic mass is 32.2. The molecule has 0 saturated carbocycles. The van der Waals surface area contributed by atoms with E-state index in [2.05, 4.69) is 5.32 Å². The van der Waals surface area contributed by atoms with Crippen LogP contribution in [0.25, 0.3) is 0 Å². The van der Waals surface area contributed by atoms with Crippen LogP contribution in [0.4, 0.5) is 0 Å². The van der Waals surface area contributed by atoms with Crippen LogP contribution in [0.1, 0.15) is 38.8 Å². The monoisotopic (exact) mass is 354 g/mol. The van der Waals surface area contributed by atoms with Gasteiger partial charge in [-0.3, -0.25) is 4.79 Å². The molecular weight excluding hydrogens is 324 g/mol. The third kappa shape index (κ3) is 6.61. The Kier molecular flexibility index (Phi) is 7.42. The molecule has 24 heavy (non-hydrogen) atoms. The fourth-order valence-corrected chi connectivity index (χ4v) is 3.42. The number of aryl methyl sites for hydroxylation is 1. The number of carbonyl (C=O) groups excluding carboxylic acids is 1. The van der Waals surface area contributed by atoms with Crippen LogP contribution in [-0.4, -0.2) is 37.5 Å². The maximum Gasteiger partial charge on any atom is 0.235 e. The first-order chi connectivity index (χ1) is 11.0. The van der Waals surface area contributed by atoms with E-state index in [1.807, 2.05) is 58.9 Å². The van der Waals surface area contributed by atoms with Gasteiger partial charge < -0.3 is 5.32 Å². The Hall–Kier alpha value is -1.40. The molecule has 0 aliphatic rings. The zero-order valence-corrected chi connectivity index (χ0v) is 16.4. The molecule has 0 atom stereocenters. The van der Waals surface area contributed by atoms with Gasteiger partial charge in [0.2, 0.25) is 15.9 Å². The van der Waals surface area contributed by atoms with Gasteiger partial charge >= 0.3 is 0 Å². The summed E-state index contributed by atoms with van der Waals surface area (Å²) in [5, 5.41) is 2.97. The zero-order valence-electron chi connectivity index (χ0n) is 15.5. The highest BCUT2D eigenvalue weighted by molar-refractivity contribution is 7.88. The summed E-state index contributed by atoms with van der Waals surface area (Å²) in [7, 11) is -3.47. The molecule has 0 bridgehead atoms. The molecule has 5 nitrogen and oxygen atoms in total. The van der Waals surface area contributed by atoms with Crippen molar-refractivity contribution in [3.63, 3.8) is 0 Å².